The van der Waals surface area contributed by atoms with Gasteiger partial charge in [-0.05, 0) is 50.2 Å². The highest BCUT2D eigenvalue weighted by Gasteiger charge is 2.31. The number of ether oxygens (including phenoxy) is 1. The van der Waals surface area contributed by atoms with E-state index < -0.39 is 12.0 Å². The second kappa shape index (κ2) is 11.5. The highest BCUT2D eigenvalue weighted by molar-refractivity contribution is 5.85. The van der Waals surface area contributed by atoms with Gasteiger partial charge in [0.25, 0.3) is 0 Å². The van der Waals surface area contributed by atoms with Crippen LogP contribution in [0.2, 0.25) is 0 Å². The molecule has 1 saturated carbocycles. The van der Waals surface area contributed by atoms with Crippen LogP contribution < -0.4 is 5.32 Å². The third kappa shape index (κ3) is 6.67. The van der Waals surface area contributed by atoms with Crippen LogP contribution in [0, 0.1) is 24.7 Å². The molecule has 33 heavy (non-hydrogen) atoms. The maximum Gasteiger partial charge on any atom is 0.326 e. The summed E-state index contributed by atoms with van der Waals surface area (Å²) in [5.41, 5.74) is 2.95. The SMILES string of the molecule is CCc1oc(-c2ccc(C)cc2)nc1COCC1CCCC(C(=O)N[C@H](C(=O)O)C(C)C)C1. The molecular formula is C26H36N2O5. The molecule has 1 aliphatic carbocycles. The molecule has 180 valence electrons. The van der Waals surface area contributed by atoms with Crippen molar-refractivity contribution in [3.63, 3.8) is 0 Å². The minimum absolute atomic E-state index is 0.158. The lowest BCUT2D eigenvalue weighted by Crippen LogP contribution is -2.47. The van der Waals surface area contributed by atoms with Crippen molar-refractivity contribution in [1.82, 2.24) is 10.3 Å². The van der Waals surface area contributed by atoms with Gasteiger partial charge in [0, 0.05) is 24.5 Å². The average Bonchev–Trinajstić information content (AvgIpc) is 3.20. The summed E-state index contributed by atoms with van der Waals surface area (Å²) in [5.74, 6) is 0.239. The average molecular weight is 457 g/mol. The number of oxazole rings is 1. The van der Waals surface area contributed by atoms with E-state index in [4.69, 9.17) is 9.15 Å². The molecule has 7 heteroatoms. The number of carbonyl (C=O) groups excluding carboxylic acids is 1. The van der Waals surface area contributed by atoms with E-state index in [9.17, 15) is 14.7 Å². The van der Waals surface area contributed by atoms with Crippen LogP contribution in [0.1, 0.15) is 63.5 Å². The molecule has 0 aliphatic heterocycles. The van der Waals surface area contributed by atoms with Gasteiger partial charge in [0.05, 0.1) is 6.61 Å². The number of amides is 1. The fraction of sp³-hybridized carbons (Fsp3) is 0.577. The first-order valence-electron chi connectivity index (χ1n) is 11.9. The highest BCUT2D eigenvalue weighted by Crippen LogP contribution is 2.30. The third-order valence-corrected chi connectivity index (χ3v) is 6.37. The molecule has 0 radical (unpaired) electrons. The Hall–Kier alpha value is -2.67. The summed E-state index contributed by atoms with van der Waals surface area (Å²) in [5, 5.41) is 12.1. The monoisotopic (exact) mass is 456 g/mol. The van der Waals surface area contributed by atoms with E-state index in [0.717, 1.165) is 42.7 Å². The van der Waals surface area contributed by atoms with Crippen LogP contribution in [0.4, 0.5) is 0 Å². The third-order valence-electron chi connectivity index (χ3n) is 6.37. The number of aryl methyl sites for hydroxylation is 2. The van der Waals surface area contributed by atoms with Crippen LogP contribution in [0.15, 0.2) is 28.7 Å². The summed E-state index contributed by atoms with van der Waals surface area (Å²) in [4.78, 5) is 28.7. The maximum atomic E-state index is 12.7. The molecule has 1 fully saturated rings. The predicted octanol–water partition coefficient (Wildman–Crippen LogP) is 4.76. The predicted molar refractivity (Wildman–Crippen MR) is 126 cm³/mol. The zero-order valence-corrected chi connectivity index (χ0v) is 20.1. The van der Waals surface area contributed by atoms with E-state index in [1.54, 1.807) is 13.8 Å². The lowest BCUT2D eigenvalue weighted by Gasteiger charge is -2.29. The van der Waals surface area contributed by atoms with Gasteiger partial charge in [-0.15, -0.1) is 0 Å². The number of benzene rings is 1. The summed E-state index contributed by atoms with van der Waals surface area (Å²) in [7, 11) is 0. The Kier molecular flexibility index (Phi) is 8.67. The smallest absolute Gasteiger partial charge is 0.326 e. The van der Waals surface area contributed by atoms with Crippen LogP contribution in [0.3, 0.4) is 0 Å². The summed E-state index contributed by atoms with van der Waals surface area (Å²) >= 11 is 0. The molecule has 1 heterocycles. The second-order valence-electron chi connectivity index (χ2n) is 9.42. The quantitative estimate of drug-likeness (QED) is 0.534. The molecule has 2 aromatic rings. The Morgan fingerprint density at radius 2 is 1.97 bits per heavy atom. The van der Waals surface area contributed by atoms with Gasteiger partial charge in [-0.25, -0.2) is 9.78 Å². The topological polar surface area (TPSA) is 102 Å². The fourth-order valence-corrected chi connectivity index (χ4v) is 4.38. The van der Waals surface area contributed by atoms with Gasteiger partial charge in [0.15, 0.2) is 0 Å². The first-order valence-corrected chi connectivity index (χ1v) is 11.9. The zero-order chi connectivity index (χ0) is 24.0. The van der Waals surface area contributed by atoms with Gasteiger partial charge in [0.1, 0.15) is 17.5 Å². The van der Waals surface area contributed by atoms with Crippen molar-refractivity contribution in [3.05, 3.63) is 41.3 Å². The Morgan fingerprint density at radius 3 is 2.61 bits per heavy atom. The molecule has 0 saturated heterocycles. The second-order valence-corrected chi connectivity index (χ2v) is 9.42. The van der Waals surface area contributed by atoms with Crippen LogP contribution in [-0.4, -0.2) is 34.6 Å². The number of hydrogen-bond acceptors (Lipinski definition) is 5. The summed E-state index contributed by atoms with van der Waals surface area (Å²) in [6.45, 7) is 8.61. The van der Waals surface area contributed by atoms with Gasteiger partial charge in [-0.1, -0.05) is 44.9 Å². The fourth-order valence-electron chi connectivity index (χ4n) is 4.38. The zero-order valence-electron chi connectivity index (χ0n) is 20.1. The standard InChI is InChI=1S/C26H36N2O5/c1-5-22-21(27-25(33-22)19-11-9-17(4)10-12-19)15-32-14-18-7-6-8-20(13-18)24(29)28-23(16(2)3)26(30)31/h9-12,16,18,20,23H,5-8,13-15H2,1-4H3,(H,28,29)(H,30,31)/t18?,20?,23-/m0/s1. The largest absolute Gasteiger partial charge is 0.480 e. The number of aliphatic carboxylic acids is 1. The van der Waals surface area contributed by atoms with E-state index in [1.807, 2.05) is 38.1 Å². The maximum absolute atomic E-state index is 12.7. The number of nitrogens with zero attached hydrogens (tertiary/aromatic N) is 1. The molecule has 3 rings (SSSR count). The van der Waals surface area contributed by atoms with E-state index >= 15 is 0 Å². The Morgan fingerprint density at radius 1 is 1.24 bits per heavy atom. The molecule has 0 spiro atoms. The van der Waals surface area contributed by atoms with Crippen molar-refractivity contribution in [2.75, 3.05) is 6.61 Å². The molecule has 7 nitrogen and oxygen atoms in total. The first kappa shape index (κ1) is 25.0. The number of hydrogen-bond donors (Lipinski definition) is 2. The molecule has 1 amide bonds. The summed E-state index contributed by atoms with van der Waals surface area (Å²) in [6, 6.07) is 7.24. The highest BCUT2D eigenvalue weighted by atomic mass is 16.5. The molecule has 1 aromatic carbocycles. The molecule has 3 atom stereocenters. The Labute approximate surface area is 195 Å². The number of nitrogens with one attached hydrogen (secondary N) is 1. The number of carboxylic acid groups (broad SMARTS) is 1. The molecule has 1 aliphatic rings. The lowest BCUT2D eigenvalue weighted by atomic mass is 9.81. The number of aromatic nitrogens is 1. The van der Waals surface area contributed by atoms with Crippen LogP contribution >= 0.6 is 0 Å². The minimum atomic E-state index is -0.988. The molecule has 1 aromatic heterocycles. The molecule has 0 bridgehead atoms. The van der Waals surface area contributed by atoms with Gasteiger partial charge in [-0.2, -0.15) is 0 Å². The van der Waals surface area contributed by atoms with E-state index in [2.05, 4.69) is 10.3 Å². The molecular weight excluding hydrogens is 420 g/mol. The van der Waals surface area contributed by atoms with Crippen LogP contribution in [0.25, 0.3) is 11.5 Å². The van der Waals surface area contributed by atoms with Gasteiger partial charge in [0.2, 0.25) is 11.8 Å². The van der Waals surface area contributed by atoms with E-state index in [0.29, 0.717) is 25.5 Å². The summed E-state index contributed by atoms with van der Waals surface area (Å²) in [6.07, 6.45) is 4.18. The van der Waals surface area contributed by atoms with Gasteiger partial charge < -0.3 is 19.6 Å². The van der Waals surface area contributed by atoms with Crippen LogP contribution in [0.5, 0.6) is 0 Å². The van der Waals surface area contributed by atoms with E-state index in [1.165, 1.54) is 5.56 Å². The Balaban J connectivity index is 1.53. The normalized spacial score (nSPS) is 19.4. The first-order chi connectivity index (χ1) is 15.8. The van der Waals surface area contributed by atoms with Gasteiger partial charge in [-0.3, -0.25) is 4.79 Å². The van der Waals surface area contributed by atoms with Crippen molar-refractivity contribution in [2.24, 2.45) is 17.8 Å². The number of carboxylic acids is 1. The van der Waals surface area contributed by atoms with Crippen molar-refractivity contribution in [2.45, 2.75) is 72.4 Å². The van der Waals surface area contributed by atoms with Crippen LogP contribution in [-0.2, 0) is 27.4 Å². The number of rotatable bonds is 10. The minimum Gasteiger partial charge on any atom is -0.480 e. The molecule has 2 N–H and O–H groups in total. The Bertz CT molecular complexity index is 935. The van der Waals surface area contributed by atoms with Crippen molar-refractivity contribution in [3.8, 4) is 11.5 Å². The van der Waals surface area contributed by atoms with Crippen molar-refractivity contribution < 1.29 is 23.8 Å². The van der Waals surface area contributed by atoms with Gasteiger partial charge >= 0.3 is 5.97 Å². The van der Waals surface area contributed by atoms with Crippen molar-refractivity contribution >= 4 is 11.9 Å². The van der Waals surface area contributed by atoms with E-state index in [-0.39, 0.29) is 23.7 Å². The summed E-state index contributed by atoms with van der Waals surface area (Å²) < 4.78 is 12.0. The lowest BCUT2D eigenvalue weighted by molar-refractivity contribution is -0.144. The number of carbonyl (C=O) groups is 2. The van der Waals surface area contributed by atoms with Crippen molar-refractivity contribution in [1.29, 1.82) is 0 Å². The molecule has 2 unspecified atom stereocenters.